The first-order chi connectivity index (χ1) is 10.6. The molecule has 0 unspecified atom stereocenters. The quantitative estimate of drug-likeness (QED) is 0.588. The maximum atomic E-state index is 11.1. The van der Waals surface area contributed by atoms with Crippen molar-refractivity contribution in [1.82, 2.24) is 4.90 Å². The molecule has 1 aromatic rings. The van der Waals surface area contributed by atoms with E-state index in [2.05, 4.69) is 9.80 Å². The number of nitro benzene ring substituents is 1. The van der Waals surface area contributed by atoms with Gasteiger partial charge in [-0.3, -0.25) is 15.0 Å². The summed E-state index contributed by atoms with van der Waals surface area (Å²) in [6.07, 6.45) is 0. The molecule has 0 aliphatic carbocycles. The highest BCUT2D eigenvalue weighted by molar-refractivity contribution is 5.64. The average Bonchev–Trinajstić information content (AvgIpc) is 2.53. The van der Waals surface area contributed by atoms with Gasteiger partial charge < -0.3 is 14.4 Å². The lowest BCUT2D eigenvalue weighted by atomic mass is 10.1. The van der Waals surface area contributed by atoms with Crippen LogP contribution in [0.4, 0.5) is 11.4 Å². The zero-order valence-corrected chi connectivity index (χ0v) is 13.4. The number of nitrogens with zero attached hydrogens (tertiary/aromatic N) is 3. The predicted octanol–water partition coefficient (Wildman–Crippen LogP) is 1.68. The molecule has 122 valence electrons. The number of hydrogen-bond acceptors (Lipinski definition) is 6. The SMILES string of the molecule is COCCN1CCN(c2cc(OC)c([N+](=O)[O-])cc2C)CC1. The van der Waals surface area contributed by atoms with Crippen LogP contribution in [0.1, 0.15) is 5.56 Å². The van der Waals surface area contributed by atoms with E-state index in [1.165, 1.54) is 7.11 Å². The topological polar surface area (TPSA) is 68.1 Å². The van der Waals surface area contributed by atoms with Crippen LogP contribution >= 0.6 is 0 Å². The number of rotatable bonds is 6. The minimum absolute atomic E-state index is 0.0162. The normalized spacial score (nSPS) is 15.9. The fraction of sp³-hybridized carbons (Fsp3) is 0.600. The van der Waals surface area contributed by atoms with Crippen molar-refractivity contribution in [1.29, 1.82) is 0 Å². The van der Waals surface area contributed by atoms with E-state index < -0.39 is 4.92 Å². The summed E-state index contributed by atoms with van der Waals surface area (Å²) < 4.78 is 10.3. The van der Waals surface area contributed by atoms with E-state index in [9.17, 15) is 10.1 Å². The van der Waals surface area contributed by atoms with Crippen molar-refractivity contribution in [2.45, 2.75) is 6.92 Å². The number of piperazine rings is 1. The molecule has 1 saturated heterocycles. The summed E-state index contributed by atoms with van der Waals surface area (Å²) in [5, 5.41) is 11.1. The molecule has 1 aromatic carbocycles. The zero-order chi connectivity index (χ0) is 16.1. The van der Waals surface area contributed by atoms with Gasteiger partial charge in [-0.15, -0.1) is 0 Å². The molecular formula is C15H23N3O4. The highest BCUT2D eigenvalue weighted by Gasteiger charge is 2.22. The molecule has 0 atom stereocenters. The van der Waals surface area contributed by atoms with Gasteiger partial charge in [-0.05, 0) is 12.5 Å². The lowest BCUT2D eigenvalue weighted by Crippen LogP contribution is -2.47. The van der Waals surface area contributed by atoms with Gasteiger partial charge in [0.2, 0.25) is 0 Å². The molecule has 0 amide bonds. The van der Waals surface area contributed by atoms with Crippen LogP contribution in [0, 0.1) is 17.0 Å². The second-order valence-electron chi connectivity index (χ2n) is 5.39. The highest BCUT2D eigenvalue weighted by atomic mass is 16.6. The lowest BCUT2D eigenvalue weighted by Gasteiger charge is -2.36. The van der Waals surface area contributed by atoms with Gasteiger partial charge in [-0.1, -0.05) is 0 Å². The third-order valence-electron chi connectivity index (χ3n) is 4.02. The van der Waals surface area contributed by atoms with E-state index in [4.69, 9.17) is 9.47 Å². The second kappa shape index (κ2) is 7.42. The van der Waals surface area contributed by atoms with Crippen LogP contribution < -0.4 is 9.64 Å². The molecule has 2 rings (SSSR count). The maximum absolute atomic E-state index is 11.1. The van der Waals surface area contributed by atoms with Crippen LogP contribution in [0.5, 0.6) is 5.75 Å². The third kappa shape index (κ3) is 3.66. The summed E-state index contributed by atoms with van der Waals surface area (Å²) in [6, 6.07) is 3.36. The van der Waals surface area contributed by atoms with E-state index >= 15 is 0 Å². The van der Waals surface area contributed by atoms with Crippen molar-refractivity contribution >= 4 is 11.4 Å². The molecule has 0 saturated carbocycles. The van der Waals surface area contributed by atoms with E-state index in [1.54, 1.807) is 19.2 Å². The first-order valence-electron chi connectivity index (χ1n) is 7.36. The van der Waals surface area contributed by atoms with Gasteiger partial charge >= 0.3 is 5.69 Å². The summed E-state index contributed by atoms with van der Waals surface area (Å²) in [4.78, 5) is 15.3. The Kier molecular flexibility index (Phi) is 5.57. The zero-order valence-electron chi connectivity index (χ0n) is 13.4. The summed E-state index contributed by atoms with van der Waals surface area (Å²) >= 11 is 0. The molecule has 0 radical (unpaired) electrons. The van der Waals surface area contributed by atoms with Crippen molar-refractivity contribution in [3.8, 4) is 5.75 Å². The summed E-state index contributed by atoms with van der Waals surface area (Å²) in [5.74, 6) is 0.312. The Bertz CT molecular complexity index is 528. The molecule has 0 aromatic heterocycles. The third-order valence-corrected chi connectivity index (χ3v) is 4.02. The van der Waals surface area contributed by atoms with Crippen LogP contribution in [-0.2, 0) is 4.74 Å². The molecule has 1 aliphatic heterocycles. The molecule has 1 aliphatic rings. The average molecular weight is 309 g/mol. The number of ether oxygens (including phenoxy) is 2. The van der Waals surface area contributed by atoms with Crippen LogP contribution in [0.3, 0.4) is 0 Å². The highest BCUT2D eigenvalue weighted by Crippen LogP contribution is 2.34. The minimum atomic E-state index is -0.404. The fourth-order valence-corrected chi connectivity index (χ4v) is 2.74. The largest absolute Gasteiger partial charge is 0.490 e. The van der Waals surface area contributed by atoms with E-state index in [0.717, 1.165) is 50.6 Å². The van der Waals surface area contributed by atoms with Crippen LogP contribution in [0.15, 0.2) is 12.1 Å². The molecule has 1 fully saturated rings. The van der Waals surface area contributed by atoms with E-state index in [0.29, 0.717) is 5.75 Å². The maximum Gasteiger partial charge on any atom is 0.311 e. The molecule has 7 nitrogen and oxygen atoms in total. The van der Waals surface area contributed by atoms with Crippen molar-refractivity contribution in [3.63, 3.8) is 0 Å². The number of methoxy groups -OCH3 is 2. The van der Waals surface area contributed by atoms with Gasteiger partial charge in [-0.25, -0.2) is 0 Å². The Morgan fingerprint density at radius 2 is 1.91 bits per heavy atom. The molecular weight excluding hydrogens is 286 g/mol. The number of nitro groups is 1. The van der Waals surface area contributed by atoms with Crippen LogP contribution in [0.2, 0.25) is 0 Å². The van der Waals surface area contributed by atoms with Crippen LogP contribution in [0.25, 0.3) is 0 Å². The molecule has 0 N–H and O–H groups in total. The Balaban J connectivity index is 2.12. The molecule has 0 bridgehead atoms. The Hall–Kier alpha value is -1.86. The standard InChI is InChI=1S/C15H23N3O4/c1-12-10-14(18(19)20)15(22-3)11-13(12)17-6-4-16(5-7-17)8-9-21-2/h10-11H,4-9H2,1-3H3. The number of anilines is 1. The predicted molar refractivity (Wildman–Crippen MR) is 84.9 cm³/mol. The lowest BCUT2D eigenvalue weighted by molar-refractivity contribution is -0.385. The van der Waals surface area contributed by atoms with Gasteiger partial charge in [0.15, 0.2) is 5.75 Å². The Labute approximate surface area is 130 Å². The smallest absolute Gasteiger partial charge is 0.311 e. The number of hydrogen-bond donors (Lipinski definition) is 0. The molecule has 7 heteroatoms. The monoisotopic (exact) mass is 309 g/mol. The van der Waals surface area contributed by atoms with Crippen molar-refractivity contribution < 1.29 is 14.4 Å². The van der Waals surface area contributed by atoms with Crippen LogP contribution in [-0.4, -0.2) is 63.4 Å². The summed E-state index contributed by atoms with van der Waals surface area (Å²) in [6.45, 7) is 7.29. The summed E-state index contributed by atoms with van der Waals surface area (Å²) in [7, 11) is 3.17. The Morgan fingerprint density at radius 3 is 2.45 bits per heavy atom. The fourth-order valence-electron chi connectivity index (χ4n) is 2.74. The second-order valence-corrected chi connectivity index (χ2v) is 5.39. The van der Waals surface area contributed by atoms with Crippen molar-refractivity contribution in [3.05, 3.63) is 27.8 Å². The van der Waals surface area contributed by atoms with E-state index in [-0.39, 0.29) is 5.69 Å². The number of aryl methyl sites for hydroxylation is 1. The van der Waals surface area contributed by atoms with Gasteiger partial charge in [0, 0.05) is 57.7 Å². The van der Waals surface area contributed by atoms with Crippen molar-refractivity contribution in [2.75, 3.05) is 58.5 Å². The van der Waals surface area contributed by atoms with Gasteiger partial charge in [-0.2, -0.15) is 0 Å². The Morgan fingerprint density at radius 1 is 1.23 bits per heavy atom. The number of benzene rings is 1. The van der Waals surface area contributed by atoms with Gasteiger partial charge in [0.25, 0.3) is 0 Å². The first kappa shape index (κ1) is 16.5. The van der Waals surface area contributed by atoms with Gasteiger partial charge in [0.1, 0.15) is 0 Å². The molecule has 1 heterocycles. The molecule has 22 heavy (non-hydrogen) atoms. The minimum Gasteiger partial charge on any atom is -0.490 e. The van der Waals surface area contributed by atoms with Crippen molar-refractivity contribution in [2.24, 2.45) is 0 Å². The molecule has 0 spiro atoms. The van der Waals surface area contributed by atoms with E-state index in [1.807, 2.05) is 6.92 Å². The summed E-state index contributed by atoms with van der Waals surface area (Å²) in [5.41, 5.74) is 1.93. The van der Waals surface area contributed by atoms with Gasteiger partial charge in [0.05, 0.1) is 18.6 Å². The first-order valence-corrected chi connectivity index (χ1v) is 7.36.